The lowest BCUT2D eigenvalue weighted by Crippen LogP contribution is -2.37. The van der Waals surface area contributed by atoms with E-state index in [1.54, 1.807) is 13.0 Å². The lowest BCUT2D eigenvalue weighted by molar-refractivity contribution is -0.121. The van der Waals surface area contributed by atoms with Gasteiger partial charge in [0.05, 0.1) is 11.6 Å². The first-order valence-corrected chi connectivity index (χ1v) is 14.5. The van der Waals surface area contributed by atoms with E-state index in [-0.39, 0.29) is 30.1 Å². The Morgan fingerprint density at radius 3 is 2.60 bits per heavy atom. The summed E-state index contributed by atoms with van der Waals surface area (Å²) in [5.74, 6) is -0.540. The second-order valence-electron chi connectivity index (χ2n) is 11.5. The Morgan fingerprint density at radius 1 is 1.05 bits per heavy atom. The SMILES string of the molecule is CC1=C(C(=O)Cc2ccc3[nH]ccc3c2)C(c2ccc(F)c(C(=O)NCC(C)C3CCCCCC3)c2)NC(=O)C1. The van der Waals surface area contributed by atoms with E-state index in [0.29, 0.717) is 35.1 Å². The molecule has 6 nitrogen and oxygen atoms in total. The first kappa shape index (κ1) is 27.8. The number of benzene rings is 2. The van der Waals surface area contributed by atoms with Crippen LogP contribution in [0.4, 0.5) is 4.39 Å². The molecule has 40 heavy (non-hydrogen) atoms. The van der Waals surface area contributed by atoms with Crippen LogP contribution in [0.2, 0.25) is 0 Å². The van der Waals surface area contributed by atoms with Crippen molar-refractivity contribution >= 4 is 28.5 Å². The van der Waals surface area contributed by atoms with Crippen molar-refractivity contribution in [3.05, 3.63) is 82.3 Å². The molecule has 0 radical (unpaired) electrons. The molecule has 2 unspecified atom stereocenters. The summed E-state index contributed by atoms with van der Waals surface area (Å²) < 4.78 is 14.9. The quantitative estimate of drug-likeness (QED) is 0.290. The van der Waals surface area contributed by atoms with Crippen molar-refractivity contribution in [3.8, 4) is 0 Å². The summed E-state index contributed by atoms with van der Waals surface area (Å²) in [5, 5.41) is 6.87. The molecule has 2 aromatic carbocycles. The van der Waals surface area contributed by atoms with Crippen molar-refractivity contribution in [2.45, 2.75) is 71.3 Å². The summed E-state index contributed by atoms with van der Waals surface area (Å²) in [6.07, 6.45) is 9.49. The number of fused-ring (bicyclic) bond motifs is 1. The predicted octanol–water partition coefficient (Wildman–Crippen LogP) is 6.33. The normalized spacial score (nSPS) is 19.3. The molecule has 0 spiro atoms. The summed E-state index contributed by atoms with van der Waals surface area (Å²) in [6, 6.07) is 11.3. The molecule has 1 aromatic heterocycles. The minimum Gasteiger partial charge on any atom is -0.361 e. The van der Waals surface area contributed by atoms with E-state index in [4.69, 9.17) is 0 Å². The van der Waals surface area contributed by atoms with E-state index in [9.17, 15) is 18.8 Å². The van der Waals surface area contributed by atoms with Crippen LogP contribution in [0.25, 0.3) is 10.9 Å². The maximum atomic E-state index is 14.9. The number of hydrogen-bond acceptors (Lipinski definition) is 3. The zero-order valence-electron chi connectivity index (χ0n) is 23.3. The third kappa shape index (κ3) is 6.19. The molecule has 7 heteroatoms. The highest BCUT2D eigenvalue weighted by Gasteiger charge is 2.32. The molecule has 0 saturated heterocycles. The van der Waals surface area contributed by atoms with Crippen LogP contribution < -0.4 is 10.6 Å². The molecule has 3 aromatic rings. The molecule has 210 valence electrons. The van der Waals surface area contributed by atoms with Gasteiger partial charge in [0.25, 0.3) is 5.91 Å². The number of hydrogen-bond donors (Lipinski definition) is 3. The van der Waals surface area contributed by atoms with Crippen LogP contribution in [-0.2, 0) is 16.0 Å². The summed E-state index contributed by atoms with van der Waals surface area (Å²) in [6.45, 7) is 4.43. The molecule has 2 heterocycles. The van der Waals surface area contributed by atoms with Gasteiger partial charge in [0.1, 0.15) is 5.82 Å². The Labute approximate surface area is 234 Å². The second-order valence-corrected chi connectivity index (χ2v) is 11.5. The van der Waals surface area contributed by atoms with E-state index >= 15 is 0 Å². The Bertz CT molecular complexity index is 1450. The Balaban J connectivity index is 1.34. The van der Waals surface area contributed by atoms with Crippen molar-refractivity contribution < 1.29 is 18.8 Å². The van der Waals surface area contributed by atoms with Gasteiger partial charge >= 0.3 is 0 Å². The molecule has 1 fully saturated rings. The summed E-state index contributed by atoms with van der Waals surface area (Å²) in [5.41, 5.74) is 3.49. The van der Waals surface area contributed by atoms with Crippen molar-refractivity contribution in [2.75, 3.05) is 6.54 Å². The standard InChI is InChI=1S/C33H38FN3O3/c1-20-15-30(39)37-32(31(20)29(38)17-22-9-12-28-24(16-22)13-14-35-28)25-10-11-27(34)26(18-25)33(40)36-19-21(2)23-7-5-3-4-6-8-23/h9-14,16,18,21,23,32,35H,3-8,15,17,19H2,1-2H3,(H,36,40)(H,37,39). The smallest absolute Gasteiger partial charge is 0.254 e. The highest BCUT2D eigenvalue weighted by atomic mass is 19.1. The van der Waals surface area contributed by atoms with Crippen LogP contribution >= 0.6 is 0 Å². The van der Waals surface area contributed by atoms with Crippen LogP contribution in [0.5, 0.6) is 0 Å². The van der Waals surface area contributed by atoms with Crippen LogP contribution in [0, 0.1) is 17.7 Å². The summed E-state index contributed by atoms with van der Waals surface area (Å²) in [7, 11) is 0. The second kappa shape index (κ2) is 12.2. The number of aromatic amines is 1. The monoisotopic (exact) mass is 543 g/mol. The summed E-state index contributed by atoms with van der Waals surface area (Å²) in [4.78, 5) is 42.4. The lowest BCUT2D eigenvalue weighted by atomic mass is 9.85. The minimum atomic E-state index is -0.748. The van der Waals surface area contributed by atoms with Gasteiger partial charge in [-0.2, -0.15) is 0 Å². The van der Waals surface area contributed by atoms with E-state index in [2.05, 4.69) is 22.5 Å². The fourth-order valence-corrected chi connectivity index (χ4v) is 6.30. The zero-order valence-corrected chi connectivity index (χ0v) is 23.3. The van der Waals surface area contributed by atoms with Gasteiger partial charge in [-0.15, -0.1) is 0 Å². The molecule has 3 N–H and O–H groups in total. The van der Waals surface area contributed by atoms with E-state index in [0.717, 1.165) is 16.5 Å². The molecule has 1 aliphatic carbocycles. The highest BCUT2D eigenvalue weighted by Crippen LogP contribution is 2.33. The van der Waals surface area contributed by atoms with E-state index < -0.39 is 17.8 Å². The fourth-order valence-electron chi connectivity index (χ4n) is 6.30. The van der Waals surface area contributed by atoms with Crippen molar-refractivity contribution in [1.29, 1.82) is 0 Å². The highest BCUT2D eigenvalue weighted by molar-refractivity contribution is 6.02. The average Bonchev–Trinajstić information content (AvgIpc) is 3.22. The lowest BCUT2D eigenvalue weighted by Gasteiger charge is -2.28. The largest absolute Gasteiger partial charge is 0.361 e. The number of halogens is 1. The van der Waals surface area contributed by atoms with Gasteiger partial charge in [0, 0.05) is 36.7 Å². The first-order chi connectivity index (χ1) is 19.3. The maximum Gasteiger partial charge on any atom is 0.254 e. The number of carbonyl (C=O) groups excluding carboxylic acids is 3. The number of aromatic nitrogens is 1. The van der Waals surface area contributed by atoms with Gasteiger partial charge in [0.15, 0.2) is 5.78 Å². The Kier molecular flexibility index (Phi) is 8.48. The van der Waals surface area contributed by atoms with Gasteiger partial charge in [-0.3, -0.25) is 14.4 Å². The zero-order chi connectivity index (χ0) is 28.2. The van der Waals surface area contributed by atoms with Gasteiger partial charge in [0.2, 0.25) is 5.91 Å². The molecule has 5 rings (SSSR count). The average molecular weight is 544 g/mol. The number of nitrogens with one attached hydrogen (secondary N) is 3. The summed E-state index contributed by atoms with van der Waals surface area (Å²) >= 11 is 0. The third-order valence-corrected chi connectivity index (χ3v) is 8.62. The molecule has 2 amide bonds. The molecule has 1 saturated carbocycles. The number of Topliss-reactive ketones (excluding diaryl/α,β-unsaturated/α-hetero) is 1. The van der Waals surface area contributed by atoms with E-state index in [1.165, 1.54) is 50.7 Å². The van der Waals surface area contributed by atoms with Crippen molar-refractivity contribution in [3.63, 3.8) is 0 Å². The number of ketones is 1. The number of H-pyrrole nitrogens is 1. The molecule has 1 aliphatic heterocycles. The third-order valence-electron chi connectivity index (χ3n) is 8.62. The molecular weight excluding hydrogens is 505 g/mol. The Morgan fingerprint density at radius 2 is 1.82 bits per heavy atom. The number of amides is 2. The van der Waals surface area contributed by atoms with Gasteiger partial charge in [-0.1, -0.05) is 63.2 Å². The molecule has 2 atom stereocenters. The van der Waals surface area contributed by atoms with E-state index in [1.807, 2.05) is 30.5 Å². The van der Waals surface area contributed by atoms with Crippen LogP contribution in [0.15, 0.2) is 59.8 Å². The first-order valence-electron chi connectivity index (χ1n) is 14.5. The van der Waals surface area contributed by atoms with Crippen LogP contribution in [-0.4, -0.2) is 29.1 Å². The van der Waals surface area contributed by atoms with Gasteiger partial charge < -0.3 is 15.6 Å². The topological polar surface area (TPSA) is 91.1 Å². The molecule has 0 bridgehead atoms. The fraction of sp³-hybridized carbons (Fsp3) is 0.424. The maximum absolute atomic E-state index is 14.9. The van der Waals surface area contributed by atoms with Crippen LogP contribution in [0.3, 0.4) is 0 Å². The number of carbonyl (C=O) groups is 3. The van der Waals surface area contributed by atoms with Crippen molar-refractivity contribution in [1.82, 2.24) is 15.6 Å². The van der Waals surface area contributed by atoms with Crippen molar-refractivity contribution in [2.24, 2.45) is 11.8 Å². The van der Waals surface area contributed by atoms with Crippen LogP contribution in [0.1, 0.15) is 86.3 Å². The number of rotatable bonds is 8. The predicted molar refractivity (Wildman–Crippen MR) is 154 cm³/mol. The molecule has 2 aliphatic rings. The van der Waals surface area contributed by atoms with Gasteiger partial charge in [-0.05, 0) is 65.6 Å². The molecular formula is C33H38FN3O3. The Hall–Kier alpha value is -3.74. The van der Waals surface area contributed by atoms with Gasteiger partial charge in [-0.25, -0.2) is 4.39 Å². The minimum absolute atomic E-state index is 0.0762.